The van der Waals surface area contributed by atoms with Gasteiger partial charge in [-0.15, -0.1) is 0 Å². The third kappa shape index (κ3) is 3.57. The predicted molar refractivity (Wildman–Crippen MR) is 106 cm³/mol. The smallest absolute Gasteiger partial charge is 0.277 e. The molecular weight excluding hydrogens is 362 g/mol. The Morgan fingerprint density at radius 3 is 2.74 bits per heavy atom. The average Bonchev–Trinajstić information content (AvgIpc) is 3.28. The normalized spacial score (nSPS) is 11.0. The number of benzene rings is 2. The molecule has 0 saturated carbocycles. The SMILES string of the molecule is CCn1cc(Cl)c(C(=O)Nc2cnn(Cc3cccc4ccccc34)c2)n1. The van der Waals surface area contributed by atoms with Gasteiger partial charge in [-0.2, -0.15) is 10.2 Å². The van der Waals surface area contributed by atoms with Crippen molar-refractivity contribution < 1.29 is 4.79 Å². The lowest BCUT2D eigenvalue weighted by molar-refractivity contribution is 0.102. The molecule has 0 radical (unpaired) electrons. The van der Waals surface area contributed by atoms with Crippen molar-refractivity contribution in [3.8, 4) is 0 Å². The third-order valence-electron chi connectivity index (χ3n) is 4.36. The van der Waals surface area contributed by atoms with Crippen LogP contribution in [-0.4, -0.2) is 25.5 Å². The summed E-state index contributed by atoms with van der Waals surface area (Å²) in [5.41, 5.74) is 1.97. The van der Waals surface area contributed by atoms with Crippen LogP contribution in [0, 0.1) is 0 Å². The monoisotopic (exact) mass is 379 g/mol. The second-order valence-electron chi connectivity index (χ2n) is 6.20. The first-order valence-electron chi connectivity index (χ1n) is 8.67. The Balaban J connectivity index is 1.51. The summed E-state index contributed by atoms with van der Waals surface area (Å²) in [6, 6.07) is 14.5. The fraction of sp³-hybridized carbons (Fsp3) is 0.150. The topological polar surface area (TPSA) is 64.7 Å². The Morgan fingerprint density at radius 1 is 1.11 bits per heavy atom. The first-order chi connectivity index (χ1) is 13.1. The number of fused-ring (bicyclic) bond motifs is 1. The summed E-state index contributed by atoms with van der Waals surface area (Å²) >= 11 is 6.09. The van der Waals surface area contributed by atoms with Crippen molar-refractivity contribution in [1.82, 2.24) is 19.6 Å². The maximum Gasteiger partial charge on any atom is 0.277 e. The van der Waals surface area contributed by atoms with Gasteiger partial charge in [0.1, 0.15) is 0 Å². The Morgan fingerprint density at radius 2 is 1.93 bits per heavy atom. The molecule has 1 N–H and O–H groups in total. The molecule has 0 saturated heterocycles. The minimum atomic E-state index is -0.350. The van der Waals surface area contributed by atoms with Gasteiger partial charge in [-0.1, -0.05) is 54.1 Å². The zero-order valence-electron chi connectivity index (χ0n) is 14.8. The molecule has 0 aliphatic rings. The second-order valence-corrected chi connectivity index (χ2v) is 6.61. The van der Waals surface area contributed by atoms with Gasteiger partial charge in [0.25, 0.3) is 5.91 Å². The summed E-state index contributed by atoms with van der Waals surface area (Å²) in [7, 11) is 0. The molecule has 0 unspecified atom stereocenters. The van der Waals surface area contributed by atoms with Gasteiger partial charge in [-0.3, -0.25) is 14.2 Å². The molecule has 2 aromatic carbocycles. The molecule has 0 atom stereocenters. The van der Waals surface area contributed by atoms with E-state index in [1.165, 1.54) is 16.3 Å². The zero-order valence-corrected chi connectivity index (χ0v) is 15.5. The lowest BCUT2D eigenvalue weighted by Crippen LogP contribution is -2.13. The van der Waals surface area contributed by atoms with E-state index >= 15 is 0 Å². The van der Waals surface area contributed by atoms with Crippen molar-refractivity contribution in [2.24, 2.45) is 0 Å². The number of halogens is 1. The van der Waals surface area contributed by atoms with E-state index in [4.69, 9.17) is 11.6 Å². The van der Waals surface area contributed by atoms with Crippen molar-refractivity contribution in [3.05, 3.63) is 77.3 Å². The fourth-order valence-corrected chi connectivity index (χ4v) is 3.26. The van der Waals surface area contributed by atoms with Crippen molar-refractivity contribution in [2.45, 2.75) is 20.0 Å². The van der Waals surface area contributed by atoms with Gasteiger partial charge in [0, 0.05) is 18.9 Å². The molecular formula is C20H18ClN5O. The molecule has 136 valence electrons. The second kappa shape index (κ2) is 7.25. The summed E-state index contributed by atoms with van der Waals surface area (Å²) < 4.78 is 3.42. The number of hydrogen-bond acceptors (Lipinski definition) is 3. The van der Waals surface area contributed by atoms with E-state index in [9.17, 15) is 4.79 Å². The quantitative estimate of drug-likeness (QED) is 0.565. The van der Waals surface area contributed by atoms with Crippen LogP contribution in [0.5, 0.6) is 0 Å². The highest BCUT2D eigenvalue weighted by Gasteiger charge is 2.16. The molecule has 6 nitrogen and oxygen atoms in total. The zero-order chi connectivity index (χ0) is 18.8. The van der Waals surface area contributed by atoms with Crippen LogP contribution < -0.4 is 5.32 Å². The van der Waals surface area contributed by atoms with Crippen LogP contribution in [0.1, 0.15) is 23.0 Å². The van der Waals surface area contributed by atoms with Gasteiger partial charge < -0.3 is 5.32 Å². The minimum absolute atomic E-state index is 0.209. The Hall–Kier alpha value is -3.12. The summed E-state index contributed by atoms with van der Waals surface area (Å²) in [4.78, 5) is 12.4. The minimum Gasteiger partial charge on any atom is -0.318 e. The summed E-state index contributed by atoms with van der Waals surface area (Å²) in [6.45, 7) is 3.20. The largest absolute Gasteiger partial charge is 0.318 e. The van der Waals surface area contributed by atoms with E-state index in [0.29, 0.717) is 23.8 Å². The number of rotatable bonds is 5. The molecule has 2 aromatic heterocycles. The van der Waals surface area contributed by atoms with Gasteiger partial charge in [0.05, 0.1) is 23.5 Å². The number of anilines is 1. The first kappa shape index (κ1) is 17.3. The summed E-state index contributed by atoms with van der Waals surface area (Å²) in [5, 5.41) is 14.0. The van der Waals surface area contributed by atoms with Gasteiger partial charge >= 0.3 is 0 Å². The van der Waals surface area contributed by atoms with Crippen molar-refractivity contribution in [3.63, 3.8) is 0 Å². The predicted octanol–water partition coefficient (Wildman–Crippen LogP) is 4.21. The summed E-state index contributed by atoms with van der Waals surface area (Å²) in [6.07, 6.45) is 5.05. The van der Waals surface area contributed by atoms with Crippen LogP contribution in [0.25, 0.3) is 10.8 Å². The Kier molecular flexibility index (Phi) is 4.64. The molecule has 0 bridgehead atoms. The van der Waals surface area contributed by atoms with E-state index in [0.717, 1.165) is 0 Å². The van der Waals surface area contributed by atoms with Gasteiger partial charge in [-0.25, -0.2) is 0 Å². The first-order valence-corrected chi connectivity index (χ1v) is 9.05. The molecule has 0 spiro atoms. The number of carbonyl (C=O) groups is 1. The number of carbonyl (C=O) groups excluding carboxylic acids is 1. The molecule has 0 aliphatic carbocycles. The van der Waals surface area contributed by atoms with Gasteiger partial charge in [0.2, 0.25) is 0 Å². The number of amides is 1. The van der Waals surface area contributed by atoms with E-state index in [-0.39, 0.29) is 11.6 Å². The number of aromatic nitrogens is 4. The maximum atomic E-state index is 12.4. The van der Waals surface area contributed by atoms with Crippen LogP contribution in [0.4, 0.5) is 5.69 Å². The molecule has 7 heteroatoms. The Bertz CT molecular complexity index is 1110. The maximum absolute atomic E-state index is 12.4. The van der Waals surface area contributed by atoms with E-state index in [2.05, 4.69) is 39.8 Å². The molecule has 0 aliphatic heterocycles. The van der Waals surface area contributed by atoms with Gasteiger partial charge in [0.15, 0.2) is 5.69 Å². The third-order valence-corrected chi connectivity index (χ3v) is 4.64. The molecule has 4 aromatic rings. The molecule has 2 heterocycles. The van der Waals surface area contributed by atoms with Crippen LogP contribution >= 0.6 is 11.6 Å². The van der Waals surface area contributed by atoms with Gasteiger partial charge in [-0.05, 0) is 23.3 Å². The number of hydrogen-bond donors (Lipinski definition) is 1. The van der Waals surface area contributed by atoms with E-state index in [1.807, 2.05) is 25.1 Å². The highest BCUT2D eigenvalue weighted by Crippen LogP contribution is 2.20. The lowest BCUT2D eigenvalue weighted by atomic mass is 10.0. The van der Waals surface area contributed by atoms with Crippen LogP contribution in [0.3, 0.4) is 0 Å². The van der Waals surface area contributed by atoms with Crippen LogP contribution in [0.2, 0.25) is 5.02 Å². The molecule has 1 amide bonds. The lowest BCUT2D eigenvalue weighted by Gasteiger charge is -2.06. The highest BCUT2D eigenvalue weighted by atomic mass is 35.5. The van der Waals surface area contributed by atoms with Crippen molar-refractivity contribution in [2.75, 3.05) is 5.32 Å². The van der Waals surface area contributed by atoms with Crippen LogP contribution in [-0.2, 0) is 13.1 Å². The molecule has 4 rings (SSSR count). The van der Waals surface area contributed by atoms with E-state index in [1.54, 1.807) is 28.0 Å². The fourth-order valence-electron chi connectivity index (χ4n) is 3.02. The van der Waals surface area contributed by atoms with Crippen molar-refractivity contribution in [1.29, 1.82) is 0 Å². The van der Waals surface area contributed by atoms with E-state index < -0.39 is 0 Å². The highest BCUT2D eigenvalue weighted by molar-refractivity contribution is 6.34. The summed E-state index contributed by atoms with van der Waals surface area (Å²) in [5.74, 6) is -0.350. The Labute approximate surface area is 161 Å². The number of nitrogens with zero attached hydrogens (tertiary/aromatic N) is 4. The number of nitrogens with one attached hydrogen (secondary N) is 1. The molecule has 0 fully saturated rings. The van der Waals surface area contributed by atoms with Crippen LogP contribution in [0.15, 0.2) is 61.1 Å². The number of aryl methyl sites for hydroxylation is 1. The van der Waals surface area contributed by atoms with Crippen molar-refractivity contribution >= 4 is 34.0 Å². The molecule has 27 heavy (non-hydrogen) atoms. The standard InChI is InChI=1S/C20H18ClN5O/c1-2-25-13-18(21)19(24-25)20(27)23-16-10-22-26(12-16)11-15-8-5-7-14-6-3-4-9-17(14)15/h3-10,12-13H,2,11H2,1H3,(H,23,27). The average molecular weight is 380 g/mol.